The first-order chi connectivity index (χ1) is 19.3. The van der Waals surface area contributed by atoms with Crippen molar-refractivity contribution < 1.29 is 14.3 Å². The molecule has 1 aliphatic heterocycles. The number of methoxy groups -OCH3 is 2. The fourth-order valence-corrected chi connectivity index (χ4v) is 4.21. The van der Waals surface area contributed by atoms with Crippen molar-refractivity contribution in [2.45, 2.75) is 6.54 Å². The van der Waals surface area contributed by atoms with Crippen LogP contribution in [0, 0.1) is 0 Å². The van der Waals surface area contributed by atoms with E-state index in [0.29, 0.717) is 58.4 Å². The summed E-state index contributed by atoms with van der Waals surface area (Å²) in [6.07, 6.45) is 2.95. The molecule has 2 aromatic heterocycles. The standard InChI is InChI=1S/C27H28N10O3/c1-7-24(38)29-23-10-17(25-32-34-36(4)33-25)8-9-22(23)30-27-28-14-18-15-37(16(2)35(3)26(18)31-27)19-11-20(39-5)13-21(12-19)40-6/h7-14H,1-2,15H2,3-6H3,(H,29,38)(H,28,30,31). The Kier molecular flexibility index (Phi) is 7.01. The molecule has 0 atom stereocenters. The van der Waals surface area contributed by atoms with Crippen LogP contribution in [0.3, 0.4) is 0 Å². The molecule has 0 fully saturated rings. The maximum Gasteiger partial charge on any atom is 0.247 e. The van der Waals surface area contributed by atoms with E-state index in [4.69, 9.17) is 14.5 Å². The number of benzene rings is 2. The van der Waals surface area contributed by atoms with Crippen LogP contribution in [-0.4, -0.2) is 57.3 Å². The Labute approximate surface area is 230 Å². The molecule has 40 heavy (non-hydrogen) atoms. The second-order valence-corrected chi connectivity index (χ2v) is 8.86. The number of fused-ring (bicyclic) bond motifs is 1. The topological polar surface area (TPSA) is 135 Å². The van der Waals surface area contributed by atoms with Gasteiger partial charge < -0.3 is 29.9 Å². The molecule has 2 N–H and O–H groups in total. The van der Waals surface area contributed by atoms with Gasteiger partial charge in [-0.25, -0.2) is 4.98 Å². The zero-order valence-corrected chi connectivity index (χ0v) is 22.5. The number of tetrazole rings is 1. The molecule has 0 saturated carbocycles. The molecule has 5 rings (SSSR count). The Bertz CT molecular complexity index is 1590. The van der Waals surface area contributed by atoms with Crippen molar-refractivity contribution in [3.63, 3.8) is 0 Å². The predicted octanol–water partition coefficient (Wildman–Crippen LogP) is 3.48. The monoisotopic (exact) mass is 540 g/mol. The van der Waals surface area contributed by atoms with E-state index in [2.05, 4.69) is 44.2 Å². The Hall–Kier alpha value is -5.46. The average molecular weight is 541 g/mol. The Balaban J connectivity index is 1.44. The summed E-state index contributed by atoms with van der Waals surface area (Å²) < 4.78 is 10.9. The summed E-state index contributed by atoms with van der Waals surface area (Å²) in [6, 6.07) is 11.0. The van der Waals surface area contributed by atoms with Crippen LogP contribution in [0.1, 0.15) is 5.56 Å². The molecule has 0 spiro atoms. The summed E-state index contributed by atoms with van der Waals surface area (Å²) in [6.45, 7) is 8.32. The van der Waals surface area contributed by atoms with Crippen molar-refractivity contribution >= 4 is 34.7 Å². The van der Waals surface area contributed by atoms with Crippen LogP contribution in [0.5, 0.6) is 11.5 Å². The van der Waals surface area contributed by atoms with E-state index in [-0.39, 0.29) is 5.91 Å². The lowest BCUT2D eigenvalue weighted by Gasteiger charge is -2.38. The number of carbonyl (C=O) groups excluding carboxylic acids is 1. The van der Waals surface area contributed by atoms with Gasteiger partial charge in [0.25, 0.3) is 0 Å². The van der Waals surface area contributed by atoms with Gasteiger partial charge in [-0.05, 0) is 29.5 Å². The fraction of sp³-hybridized carbons (Fsp3) is 0.185. The zero-order chi connectivity index (χ0) is 28.4. The first kappa shape index (κ1) is 26.2. The number of nitrogens with one attached hydrogen (secondary N) is 2. The fourth-order valence-electron chi connectivity index (χ4n) is 4.21. The first-order valence-corrected chi connectivity index (χ1v) is 12.2. The molecule has 13 heteroatoms. The zero-order valence-electron chi connectivity index (χ0n) is 22.5. The highest BCUT2D eigenvalue weighted by Crippen LogP contribution is 2.37. The molecule has 0 bridgehead atoms. The molecule has 3 heterocycles. The molecule has 0 unspecified atom stereocenters. The minimum atomic E-state index is -0.371. The maximum atomic E-state index is 12.2. The summed E-state index contributed by atoms with van der Waals surface area (Å²) in [5.41, 5.74) is 3.49. The highest BCUT2D eigenvalue weighted by molar-refractivity contribution is 6.02. The second kappa shape index (κ2) is 10.7. The molecule has 13 nitrogen and oxygen atoms in total. The van der Waals surface area contributed by atoms with Gasteiger partial charge in [-0.1, -0.05) is 13.2 Å². The van der Waals surface area contributed by atoms with Crippen LogP contribution in [0.2, 0.25) is 0 Å². The minimum absolute atomic E-state index is 0.342. The Morgan fingerprint density at radius 1 is 1.07 bits per heavy atom. The molecule has 0 radical (unpaired) electrons. The number of carbonyl (C=O) groups is 1. The molecule has 0 aliphatic carbocycles. The largest absolute Gasteiger partial charge is 0.497 e. The van der Waals surface area contributed by atoms with Crippen LogP contribution < -0.4 is 29.9 Å². The highest BCUT2D eigenvalue weighted by atomic mass is 16.5. The maximum absolute atomic E-state index is 12.2. The highest BCUT2D eigenvalue weighted by Gasteiger charge is 2.27. The summed E-state index contributed by atoms with van der Waals surface area (Å²) in [5, 5.41) is 18.2. The van der Waals surface area contributed by atoms with Crippen molar-refractivity contribution in [2.75, 3.05) is 41.7 Å². The normalized spacial score (nSPS) is 12.6. The number of ether oxygens (including phenoxy) is 2. The summed E-state index contributed by atoms with van der Waals surface area (Å²) >= 11 is 0. The van der Waals surface area contributed by atoms with E-state index < -0.39 is 0 Å². The third-order valence-electron chi connectivity index (χ3n) is 6.31. The number of hydrogen-bond acceptors (Lipinski definition) is 11. The second-order valence-electron chi connectivity index (χ2n) is 8.86. The number of rotatable bonds is 8. The molecule has 2 aromatic carbocycles. The first-order valence-electron chi connectivity index (χ1n) is 12.2. The van der Waals surface area contributed by atoms with E-state index in [9.17, 15) is 4.79 Å². The van der Waals surface area contributed by atoms with Gasteiger partial charge in [0.15, 0.2) is 0 Å². The lowest BCUT2D eigenvalue weighted by molar-refractivity contribution is -0.111. The Morgan fingerprint density at radius 2 is 1.82 bits per heavy atom. The quantitative estimate of drug-likeness (QED) is 0.318. The number of aryl methyl sites for hydroxylation is 1. The number of aromatic nitrogens is 6. The lowest BCUT2D eigenvalue weighted by atomic mass is 10.1. The number of anilines is 5. The van der Waals surface area contributed by atoms with E-state index in [1.165, 1.54) is 10.9 Å². The predicted molar refractivity (Wildman–Crippen MR) is 152 cm³/mol. The molecular weight excluding hydrogens is 512 g/mol. The van der Waals surface area contributed by atoms with Crippen LogP contribution >= 0.6 is 0 Å². The van der Waals surface area contributed by atoms with Crippen LogP contribution in [0.25, 0.3) is 11.4 Å². The summed E-state index contributed by atoms with van der Waals surface area (Å²) in [5.74, 6) is 3.15. The minimum Gasteiger partial charge on any atom is -0.497 e. The van der Waals surface area contributed by atoms with Crippen LogP contribution in [0.4, 0.5) is 28.8 Å². The number of amides is 1. The number of nitrogens with zero attached hydrogens (tertiary/aromatic N) is 8. The third kappa shape index (κ3) is 5.12. The van der Waals surface area contributed by atoms with Crippen molar-refractivity contribution in [2.24, 2.45) is 7.05 Å². The summed E-state index contributed by atoms with van der Waals surface area (Å²) in [4.78, 5) is 26.7. The van der Waals surface area contributed by atoms with E-state index in [1.807, 2.05) is 41.1 Å². The molecular formula is C27H28N10O3. The van der Waals surface area contributed by atoms with Gasteiger partial charge in [0.1, 0.15) is 23.1 Å². The number of hydrogen-bond donors (Lipinski definition) is 2. The van der Waals surface area contributed by atoms with Crippen molar-refractivity contribution in [3.05, 3.63) is 73.2 Å². The van der Waals surface area contributed by atoms with Gasteiger partial charge in [-0.3, -0.25) is 4.79 Å². The molecule has 1 aliphatic rings. The molecule has 4 aromatic rings. The molecule has 0 saturated heterocycles. The summed E-state index contributed by atoms with van der Waals surface area (Å²) in [7, 11) is 6.79. The van der Waals surface area contributed by atoms with E-state index in [1.54, 1.807) is 39.6 Å². The Morgan fingerprint density at radius 3 is 2.48 bits per heavy atom. The molecule has 1 amide bonds. The van der Waals surface area contributed by atoms with Crippen molar-refractivity contribution in [1.29, 1.82) is 0 Å². The lowest BCUT2D eigenvalue weighted by Crippen LogP contribution is -2.38. The molecule has 204 valence electrons. The van der Waals surface area contributed by atoms with Gasteiger partial charge >= 0.3 is 0 Å². The SMILES string of the molecule is C=CC(=O)Nc1cc(-c2nnn(C)n2)ccc1Nc1ncc2c(n1)N(C)C(=C)N(c1cc(OC)cc(OC)c1)C2. The van der Waals surface area contributed by atoms with Gasteiger partial charge in [-0.2, -0.15) is 9.78 Å². The van der Waals surface area contributed by atoms with Gasteiger partial charge in [0.2, 0.25) is 17.7 Å². The van der Waals surface area contributed by atoms with Crippen molar-refractivity contribution in [3.8, 4) is 22.9 Å². The van der Waals surface area contributed by atoms with Crippen molar-refractivity contribution in [1.82, 2.24) is 30.2 Å². The van der Waals surface area contributed by atoms with Crippen LogP contribution in [-0.2, 0) is 18.4 Å². The smallest absolute Gasteiger partial charge is 0.247 e. The van der Waals surface area contributed by atoms with E-state index >= 15 is 0 Å². The van der Waals surface area contributed by atoms with Crippen LogP contribution in [0.15, 0.2) is 67.6 Å². The van der Waals surface area contributed by atoms with Gasteiger partial charge in [0, 0.05) is 42.6 Å². The van der Waals surface area contributed by atoms with Gasteiger partial charge in [0.05, 0.1) is 44.9 Å². The average Bonchev–Trinajstić information content (AvgIpc) is 3.41. The third-order valence-corrected chi connectivity index (χ3v) is 6.31. The van der Waals surface area contributed by atoms with Gasteiger partial charge in [-0.15, -0.1) is 10.2 Å². The van der Waals surface area contributed by atoms with E-state index in [0.717, 1.165) is 11.3 Å².